The Morgan fingerprint density at radius 2 is 1.68 bits per heavy atom. The van der Waals surface area contributed by atoms with Crippen LogP contribution in [0.15, 0.2) is 36.4 Å². The van der Waals surface area contributed by atoms with Crippen molar-refractivity contribution in [2.45, 2.75) is 6.92 Å². The second-order valence-electron chi connectivity index (χ2n) is 5.25. The van der Waals surface area contributed by atoms with Crippen LogP contribution in [0.3, 0.4) is 0 Å². The summed E-state index contributed by atoms with van der Waals surface area (Å²) in [4.78, 5) is 12.0. The summed E-state index contributed by atoms with van der Waals surface area (Å²) >= 11 is 0. The molecule has 0 aromatic heterocycles. The maximum absolute atomic E-state index is 13.5. The van der Waals surface area contributed by atoms with E-state index in [9.17, 15) is 9.18 Å². The van der Waals surface area contributed by atoms with Gasteiger partial charge >= 0.3 is 0 Å². The number of ether oxygens (including phenoxy) is 3. The Morgan fingerprint density at radius 3 is 2.20 bits per heavy atom. The van der Waals surface area contributed by atoms with Crippen molar-refractivity contribution in [2.24, 2.45) is 0 Å². The third kappa shape index (κ3) is 4.50. The van der Waals surface area contributed by atoms with Gasteiger partial charge in [0.2, 0.25) is 11.7 Å². The summed E-state index contributed by atoms with van der Waals surface area (Å²) in [6.45, 7) is 1.66. The second-order valence-corrected chi connectivity index (χ2v) is 5.25. The summed E-state index contributed by atoms with van der Waals surface area (Å²) < 4.78 is 29.3. The van der Waals surface area contributed by atoms with Crippen LogP contribution in [-0.4, -0.2) is 27.2 Å². The number of amides is 1. The molecule has 0 radical (unpaired) electrons. The zero-order valence-corrected chi connectivity index (χ0v) is 14.6. The van der Waals surface area contributed by atoms with Crippen LogP contribution in [0.2, 0.25) is 0 Å². The van der Waals surface area contributed by atoms with E-state index in [2.05, 4.69) is 5.32 Å². The molecule has 0 atom stereocenters. The van der Waals surface area contributed by atoms with Crippen molar-refractivity contribution in [3.63, 3.8) is 0 Å². The Balaban J connectivity index is 2.17. The van der Waals surface area contributed by atoms with Crippen molar-refractivity contribution in [3.05, 3.63) is 53.4 Å². The molecule has 6 heteroatoms. The number of hydrogen-bond acceptors (Lipinski definition) is 4. The van der Waals surface area contributed by atoms with Crippen molar-refractivity contribution >= 4 is 17.7 Å². The van der Waals surface area contributed by atoms with E-state index in [4.69, 9.17) is 14.2 Å². The van der Waals surface area contributed by atoms with E-state index >= 15 is 0 Å². The van der Waals surface area contributed by atoms with Crippen LogP contribution in [0, 0.1) is 12.7 Å². The molecule has 1 amide bonds. The first-order valence-electron chi connectivity index (χ1n) is 7.53. The fourth-order valence-corrected chi connectivity index (χ4v) is 2.22. The number of anilines is 1. The van der Waals surface area contributed by atoms with Gasteiger partial charge in [0.25, 0.3) is 0 Å². The van der Waals surface area contributed by atoms with Crippen LogP contribution in [0.5, 0.6) is 17.2 Å². The van der Waals surface area contributed by atoms with Crippen LogP contribution in [-0.2, 0) is 4.79 Å². The minimum Gasteiger partial charge on any atom is -0.493 e. The Hall–Kier alpha value is -3.02. The maximum atomic E-state index is 13.5. The summed E-state index contributed by atoms with van der Waals surface area (Å²) in [7, 11) is 4.55. The van der Waals surface area contributed by atoms with Crippen LogP contribution < -0.4 is 19.5 Å². The van der Waals surface area contributed by atoms with Gasteiger partial charge in [0, 0.05) is 11.8 Å². The summed E-state index contributed by atoms with van der Waals surface area (Å²) in [5, 5.41) is 2.61. The van der Waals surface area contributed by atoms with Crippen LogP contribution in [0.1, 0.15) is 11.1 Å². The van der Waals surface area contributed by atoms with Crippen LogP contribution >= 0.6 is 0 Å². The standard InChI is InChI=1S/C19H20FNO4/c1-12-5-7-14(11-15(12)20)21-18(22)8-6-13-9-16(23-2)19(25-4)17(10-13)24-3/h5-11H,1-4H3,(H,21,22)/b8-6+. The Morgan fingerprint density at radius 1 is 1.04 bits per heavy atom. The number of benzene rings is 2. The number of aryl methyl sites for hydroxylation is 1. The van der Waals surface area contributed by atoms with Crippen molar-refractivity contribution in [1.82, 2.24) is 0 Å². The fraction of sp³-hybridized carbons (Fsp3) is 0.211. The Labute approximate surface area is 146 Å². The highest BCUT2D eigenvalue weighted by Crippen LogP contribution is 2.38. The smallest absolute Gasteiger partial charge is 0.248 e. The zero-order chi connectivity index (χ0) is 18.4. The number of hydrogen-bond donors (Lipinski definition) is 1. The largest absolute Gasteiger partial charge is 0.493 e. The lowest BCUT2D eigenvalue weighted by Crippen LogP contribution is -2.08. The van der Waals surface area contributed by atoms with E-state index in [1.165, 1.54) is 33.5 Å². The van der Waals surface area contributed by atoms with Gasteiger partial charge < -0.3 is 19.5 Å². The topological polar surface area (TPSA) is 56.8 Å². The number of methoxy groups -OCH3 is 3. The summed E-state index contributed by atoms with van der Waals surface area (Å²) in [6.07, 6.45) is 2.95. The van der Waals surface area contributed by atoms with Crippen molar-refractivity contribution in [3.8, 4) is 17.2 Å². The predicted octanol–water partition coefficient (Wildman–Crippen LogP) is 3.81. The monoisotopic (exact) mass is 345 g/mol. The molecule has 2 aromatic rings. The van der Waals surface area contributed by atoms with E-state index in [0.29, 0.717) is 34.1 Å². The molecule has 0 aliphatic heterocycles. The molecule has 0 unspecified atom stereocenters. The van der Waals surface area contributed by atoms with Gasteiger partial charge in [-0.25, -0.2) is 4.39 Å². The second kappa shape index (κ2) is 8.19. The predicted molar refractivity (Wildman–Crippen MR) is 94.9 cm³/mol. The van der Waals surface area contributed by atoms with Gasteiger partial charge in [0.05, 0.1) is 21.3 Å². The van der Waals surface area contributed by atoms with Crippen molar-refractivity contribution in [2.75, 3.05) is 26.6 Å². The number of carbonyl (C=O) groups is 1. The molecule has 0 aliphatic rings. The summed E-state index contributed by atoms with van der Waals surface area (Å²) in [5.41, 5.74) is 1.60. The van der Waals surface area contributed by atoms with Gasteiger partial charge in [0.15, 0.2) is 11.5 Å². The normalized spacial score (nSPS) is 10.6. The lowest BCUT2D eigenvalue weighted by atomic mass is 10.1. The summed E-state index contributed by atoms with van der Waals surface area (Å²) in [5.74, 6) is 0.704. The average molecular weight is 345 g/mol. The average Bonchev–Trinajstić information content (AvgIpc) is 2.62. The number of rotatable bonds is 6. The summed E-state index contributed by atoms with van der Waals surface area (Å²) in [6, 6.07) is 7.96. The highest BCUT2D eigenvalue weighted by atomic mass is 19.1. The van der Waals surface area contributed by atoms with Gasteiger partial charge in [-0.2, -0.15) is 0 Å². The first-order chi connectivity index (χ1) is 12.0. The van der Waals surface area contributed by atoms with Gasteiger partial charge in [-0.1, -0.05) is 6.07 Å². The molecule has 2 rings (SSSR count). The molecule has 0 bridgehead atoms. The quantitative estimate of drug-likeness (QED) is 0.809. The lowest BCUT2D eigenvalue weighted by molar-refractivity contribution is -0.111. The van der Waals surface area contributed by atoms with Gasteiger partial charge in [0.1, 0.15) is 5.82 Å². The number of nitrogens with one attached hydrogen (secondary N) is 1. The molecule has 0 saturated heterocycles. The lowest BCUT2D eigenvalue weighted by Gasteiger charge is -2.12. The number of carbonyl (C=O) groups excluding carboxylic acids is 1. The maximum Gasteiger partial charge on any atom is 0.248 e. The highest BCUT2D eigenvalue weighted by Gasteiger charge is 2.12. The van der Waals surface area contributed by atoms with E-state index in [-0.39, 0.29) is 11.7 Å². The van der Waals surface area contributed by atoms with Crippen LogP contribution in [0.4, 0.5) is 10.1 Å². The zero-order valence-electron chi connectivity index (χ0n) is 14.6. The van der Waals surface area contributed by atoms with E-state index < -0.39 is 0 Å². The van der Waals surface area contributed by atoms with Gasteiger partial charge in [-0.15, -0.1) is 0 Å². The first kappa shape index (κ1) is 18.3. The van der Waals surface area contributed by atoms with Crippen LogP contribution in [0.25, 0.3) is 6.08 Å². The molecule has 0 heterocycles. The first-order valence-corrected chi connectivity index (χ1v) is 7.53. The number of halogens is 1. The molecule has 0 aliphatic carbocycles. The highest BCUT2D eigenvalue weighted by molar-refractivity contribution is 6.02. The van der Waals surface area contributed by atoms with E-state index in [1.807, 2.05) is 0 Å². The minimum absolute atomic E-state index is 0.369. The molecule has 2 aromatic carbocycles. The van der Waals surface area contributed by atoms with Crippen molar-refractivity contribution < 1.29 is 23.4 Å². The molecule has 1 N–H and O–H groups in total. The molecular formula is C19H20FNO4. The fourth-order valence-electron chi connectivity index (χ4n) is 2.22. The molecule has 0 spiro atoms. The molecule has 0 saturated carbocycles. The molecule has 132 valence electrons. The van der Waals surface area contributed by atoms with Gasteiger partial charge in [-0.3, -0.25) is 4.79 Å². The van der Waals surface area contributed by atoms with Gasteiger partial charge in [-0.05, 0) is 48.4 Å². The third-order valence-electron chi connectivity index (χ3n) is 3.55. The SMILES string of the molecule is COc1cc(/C=C/C(=O)Nc2ccc(C)c(F)c2)cc(OC)c1OC. The minimum atomic E-state index is -0.378. The van der Waals surface area contributed by atoms with E-state index in [1.54, 1.807) is 37.3 Å². The molecule has 25 heavy (non-hydrogen) atoms. The molecule has 0 fully saturated rings. The van der Waals surface area contributed by atoms with Crippen molar-refractivity contribution in [1.29, 1.82) is 0 Å². The molecular weight excluding hydrogens is 325 g/mol. The Bertz CT molecular complexity index is 777. The van der Waals surface area contributed by atoms with E-state index in [0.717, 1.165) is 0 Å². The Kier molecular flexibility index (Phi) is 6.00. The third-order valence-corrected chi connectivity index (χ3v) is 3.55. The molecule has 5 nitrogen and oxygen atoms in total.